The summed E-state index contributed by atoms with van der Waals surface area (Å²) in [5.41, 5.74) is 2.27. The summed E-state index contributed by atoms with van der Waals surface area (Å²) in [6.45, 7) is 0.214. The summed E-state index contributed by atoms with van der Waals surface area (Å²) in [6.07, 6.45) is 2.43. The minimum Gasteiger partial charge on any atom is -0.353 e. The highest BCUT2D eigenvalue weighted by atomic mass is 35.5. The van der Waals surface area contributed by atoms with Gasteiger partial charge in [-0.15, -0.1) is 0 Å². The highest BCUT2D eigenvalue weighted by Crippen LogP contribution is 2.31. The van der Waals surface area contributed by atoms with Crippen LogP contribution in [0.4, 0.5) is 0 Å². The van der Waals surface area contributed by atoms with Crippen molar-refractivity contribution in [3.05, 3.63) is 63.6 Å². The van der Waals surface area contributed by atoms with E-state index in [-0.39, 0.29) is 46.4 Å². The number of sulfonamides is 1. The molecule has 0 spiro atoms. The van der Waals surface area contributed by atoms with E-state index in [0.717, 1.165) is 29.1 Å². The van der Waals surface area contributed by atoms with Crippen molar-refractivity contribution in [2.75, 3.05) is 13.1 Å². The highest BCUT2D eigenvalue weighted by molar-refractivity contribution is 7.89. The van der Waals surface area contributed by atoms with Crippen molar-refractivity contribution in [2.45, 2.75) is 42.7 Å². The zero-order chi connectivity index (χ0) is 22.9. The van der Waals surface area contributed by atoms with Crippen LogP contribution in [0.1, 0.15) is 36.4 Å². The van der Waals surface area contributed by atoms with Crippen molar-refractivity contribution in [3.63, 3.8) is 0 Å². The summed E-state index contributed by atoms with van der Waals surface area (Å²) < 4.78 is 27.6. The standard InChI is InChI=1S/C22H23Cl2N3O4S/c23-17-9-8-15(12-18(17)24)32(30,31)27-11-10-25-22(29)20(27)13-21(28)26-19-7-3-5-14-4-1-2-6-16(14)19/h1-2,4,6,8-9,12,19-20H,3,5,7,10-11,13H2,(H,25,29)(H,26,28)/t19-,20?/m1/s1. The van der Waals surface area contributed by atoms with Gasteiger partial charge in [-0.25, -0.2) is 8.42 Å². The molecule has 10 heteroatoms. The predicted molar refractivity (Wildman–Crippen MR) is 122 cm³/mol. The maximum atomic E-state index is 13.3. The number of fused-ring (bicyclic) bond motifs is 1. The van der Waals surface area contributed by atoms with Crippen LogP contribution >= 0.6 is 23.2 Å². The first-order valence-electron chi connectivity index (χ1n) is 10.4. The number of benzene rings is 2. The number of hydrogen-bond donors (Lipinski definition) is 2. The predicted octanol–water partition coefficient (Wildman–Crippen LogP) is 3.07. The summed E-state index contributed by atoms with van der Waals surface area (Å²) in [5.74, 6) is -0.873. The molecule has 0 aromatic heterocycles. The van der Waals surface area contributed by atoms with E-state index >= 15 is 0 Å². The summed E-state index contributed by atoms with van der Waals surface area (Å²) in [4.78, 5) is 25.4. The SMILES string of the molecule is O=C(CC1C(=O)NCCN1S(=O)(=O)c1ccc(Cl)c(Cl)c1)N[C@@H]1CCCc2ccccc21. The van der Waals surface area contributed by atoms with Crippen molar-refractivity contribution in [1.82, 2.24) is 14.9 Å². The molecule has 2 atom stereocenters. The van der Waals surface area contributed by atoms with Crippen LogP contribution in [-0.4, -0.2) is 43.7 Å². The summed E-state index contributed by atoms with van der Waals surface area (Å²) in [6, 6.07) is 10.6. The maximum absolute atomic E-state index is 13.3. The van der Waals surface area contributed by atoms with Crippen LogP contribution in [0.25, 0.3) is 0 Å². The first-order chi connectivity index (χ1) is 15.3. The van der Waals surface area contributed by atoms with Gasteiger partial charge in [0, 0.05) is 13.1 Å². The topological polar surface area (TPSA) is 95.6 Å². The Kier molecular flexibility index (Phi) is 6.76. The lowest BCUT2D eigenvalue weighted by Crippen LogP contribution is -2.58. The average Bonchev–Trinajstić information content (AvgIpc) is 2.77. The van der Waals surface area contributed by atoms with Gasteiger partial charge in [-0.2, -0.15) is 4.31 Å². The van der Waals surface area contributed by atoms with Crippen molar-refractivity contribution in [2.24, 2.45) is 0 Å². The van der Waals surface area contributed by atoms with Gasteiger partial charge >= 0.3 is 0 Å². The third-order valence-electron chi connectivity index (χ3n) is 5.86. The highest BCUT2D eigenvalue weighted by Gasteiger charge is 2.40. The van der Waals surface area contributed by atoms with Crippen LogP contribution in [0.5, 0.6) is 0 Å². The van der Waals surface area contributed by atoms with Crippen LogP contribution in [0.2, 0.25) is 10.0 Å². The van der Waals surface area contributed by atoms with Crippen LogP contribution in [0.3, 0.4) is 0 Å². The number of nitrogens with one attached hydrogen (secondary N) is 2. The molecule has 1 unspecified atom stereocenters. The Balaban J connectivity index is 1.54. The van der Waals surface area contributed by atoms with Crippen molar-refractivity contribution in [1.29, 1.82) is 0 Å². The smallest absolute Gasteiger partial charge is 0.243 e. The molecule has 1 aliphatic heterocycles. The molecule has 0 saturated carbocycles. The van der Waals surface area contributed by atoms with Gasteiger partial charge in [0.05, 0.1) is 27.4 Å². The zero-order valence-electron chi connectivity index (χ0n) is 17.2. The Morgan fingerprint density at radius 2 is 1.94 bits per heavy atom. The molecule has 2 N–H and O–H groups in total. The second kappa shape index (κ2) is 9.39. The lowest BCUT2D eigenvalue weighted by Gasteiger charge is -2.34. The van der Waals surface area contributed by atoms with E-state index in [2.05, 4.69) is 10.6 Å². The number of nitrogens with zero attached hydrogens (tertiary/aromatic N) is 1. The third kappa shape index (κ3) is 4.64. The number of hydrogen-bond acceptors (Lipinski definition) is 4. The molecule has 1 aliphatic carbocycles. The Morgan fingerprint density at radius 3 is 2.72 bits per heavy atom. The Morgan fingerprint density at radius 1 is 1.16 bits per heavy atom. The first-order valence-corrected chi connectivity index (χ1v) is 12.6. The third-order valence-corrected chi connectivity index (χ3v) is 8.51. The molecular weight excluding hydrogens is 473 g/mol. The Hall–Kier alpha value is -2.13. The number of halogens is 2. The van der Waals surface area contributed by atoms with Crippen LogP contribution in [0.15, 0.2) is 47.4 Å². The van der Waals surface area contributed by atoms with Crippen molar-refractivity contribution in [3.8, 4) is 0 Å². The Bertz CT molecular complexity index is 1160. The number of rotatable bonds is 5. The van der Waals surface area contributed by atoms with E-state index in [1.165, 1.54) is 23.8 Å². The molecule has 32 heavy (non-hydrogen) atoms. The van der Waals surface area contributed by atoms with E-state index in [1.807, 2.05) is 24.3 Å². The molecule has 1 heterocycles. The molecule has 2 aliphatic rings. The molecule has 1 saturated heterocycles. The molecule has 1 fully saturated rings. The fraction of sp³-hybridized carbons (Fsp3) is 0.364. The summed E-state index contributed by atoms with van der Waals surface area (Å²) in [5, 5.41) is 5.98. The van der Waals surface area contributed by atoms with E-state index in [0.29, 0.717) is 0 Å². The van der Waals surface area contributed by atoms with Gasteiger partial charge in [0.15, 0.2) is 0 Å². The summed E-state index contributed by atoms with van der Waals surface area (Å²) >= 11 is 11.9. The monoisotopic (exact) mass is 495 g/mol. The number of carbonyl (C=O) groups is 2. The van der Waals surface area contributed by atoms with Gasteiger partial charge < -0.3 is 10.6 Å². The lowest BCUT2D eigenvalue weighted by atomic mass is 9.87. The second-order valence-corrected chi connectivity index (χ2v) is 10.6. The van der Waals surface area contributed by atoms with Gasteiger partial charge in [-0.1, -0.05) is 47.5 Å². The molecule has 0 bridgehead atoms. The Labute approximate surface area is 197 Å². The van der Waals surface area contributed by atoms with Gasteiger partial charge in [0.1, 0.15) is 6.04 Å². The number of piperazine rings is 1. The largest absolute Gasteiger partial charge is 0.353 e. The van der Waals surface area contributed by atoms with E-state index in [4.69, 9.17) is 23.2 Å². The number of aryl methyl sites for hydroxylation is 1. The van der Waals surface area contributed by atoms with Crippen molar-refractivity contribution < 1.29 is 18.0 Å². The number of amides is 2. The average molecular weight is 496 g/mol. The molecule has 2 amide bonds. The fourth-order valence-electron chi connectivity index (χ4n) is 4.28. The first kappa shape index (κ1) is 23.0. The molecule has 170 valence electrons. The van der Waals surface area contributed by atoms with Crippen molar-refractivity contribution >= 4 is 45.0 Å². The lowest BCUT2D eigenvalue weighted by molar-refractivity contribution is -0.132. The van der Waals surface area contributed by atoms with Gasteiger partial charge in [-0.3, -0.25) is 9.59 Å². The van der Waals surface area contributed by atoms with Crippen LogP contribution in [-0.2, 0) is 26.0 Å². The molecule has 2 aromatic carbocycles. The van der Waals surface area contributed by atoms with Gasteiger partial charge in [-0.05, 0) is 48.6 Å². The van der Waals surface area contributed by atoms with Crippen LogP contribution in [0, 0.1) is 0 Å². The minimum atomic E-state index is -4.06. The molecule has 0 radical (unpaired) electrons. The van der Waals surface area contributed by atoms with Crippen LogP contribution < -0.4 is 10.6 Å². The maximum Gasteiger partial charge on any atom is 0.243 e. The quantitative estimate of drug-likeness (QED) is 0.665. The molecule has 2 aromatic rings. The summed E-state index contributed by atoms with van der Waals surface area (Å²) in [7, 11) is -4.06. The van der Waals surface area contributed by atoms with Gasteiger partial charge in [0.2, 0.25) is 21.8 Å². The minimum absolute atomic E-state index is 0.0541. The molecule has 7 nitrogen and oxygen atoms in total. The molecule has 4 rings (SSSR count). The number of carbonyl (C=O) groups excluding carboxylic acids is 2. The fourth-order valence-corrected chi connectivity index (χ4v) is 6.26. The molecular formula is C22H23Cl2N3O4S. The van der Waals surface area contributed by atoms with Gasteiger partial charge in [0.25, 0.3) is 0 Å². The van der Waals surface area contributed by atoms with E-state index in [1.54, 1.807) is 0 Å². The van der Waals surface area contributed by atoms with E-state index < -0.39 is 22.0 Å². The zero-order valence-corrected chi connectivity index (χ0v) is 19.5. The second-order valence-electron chi connectivity index (χ2n) is 7.91. The normalized spacial score (nSPS) is 21.5. The van der Waals surface area contributed by atoms with E-state index in [9.17, 15) is 18.0 Å².